The number of rotatable bonds is 9. The van der Waals surface area contributed by atoms with E-state index in [-0.39, 0.29) is 6.10 Å². The van der Waals surface area contributed by atoms with Crippen molar-refractivity contribution in [3.05, 3.63) is 0 Å². The fourth-order valence-electron chi connectivity index (χ4n) is 1.78. The zero-order valence-corrected chi connectivity index (χ0v) is 10.5. The largest absolute Gasteiger partial charge is 0.382 e. The molecule has 0 aromatic heterocycles. The molecular formula is C12H25NO3. The minimum atomic E-state index is 0.164. The Morgan fingerprint density at radius 1 is 1.50 bits per heavy atom. The summed E-state index contributed by atoms with van der Waals surface area (Å²) in [5, 5.41) is 3.36. The highest BCUT2D eigenvalue weighted by Crippen LogP contribution is 2.13. The molecule has 0 aliphatic carbocycles. The number of ether oxygens (including phenoxy) is 3. The molecule has 1 heterocycles. The Bertz CT molecular complexity index is 160. The second kappa shape index (κ2) is 8.93. The summed E-state index contributed by atoms with van der Waals surface area (Å²) >= 11 is 0. The zero-order valence-electron chi connectivity index (χ0n) is 10.5. The average Bonchev–Trinajstić information content (AvgIpc) is 2.79. The molecule has 1 N–H and O–H groups in total. The fourth-order valence-corrected chi connectivity index (χ4v) is 1.78. The van der Waals surface area contributed by atoms with E-state index in [1.54, 1.807) is 7.11 Å². The van der Waals surface area contributed by atoms with E-state index >= 15 is 0 Å². The molecule has 4 heteroatoms. The summed E-state index contributed by atoms with van der Waals surface area (Å²) in [6, 6.07) is 0. The van der Waals surface area contributed by atoms with Gasteiger partial charge in [-0.1, -0.05) is 6.92 Å². The highest BCUT2D eigenvalue weighted by Gasteiger charge is 2.18. The highest BCUT2D eigenvalue weighted by atomic mass is 16.5. The molecule has 0 spiro atoms. The summed E-state index contributed by atoms with van der Waals surface area (Å²) in [7, 11) is 1.72. The first kappa shape index (κ1) is 13.9. The lowest BCUT2D eigenvalue weighted by Crippen LogP contribution is -2.34. The average molecular weight is 231 g/mol. The lowest BCUT2D eigenvalue weighted by molar-refractivity contribution is -0.0168. The summed E-state index contributed by atoms with van der Waals surface area (Å²) in [5.41, 5.74) is 0. The quantitative estimate of drug-likeness (QED) is 0.602. The Morgan fingerprint density at radius 2 is 2.38 bits per heavy atom. The van der Waals surface area contributed by atoms with Crippen LogP contribution in [0.3, 0.4) is 0 Å². The van der Waals surface area contributed by atoms with E-state index in [2.05, 4.69) is 12.2 Å². The first-order chi connectivity index (χ1) is 7.86. The van der Waals surface area contributed by atoms with Crippen LogP contribution in [0, 0.1) is 5.92 Å². The van der Waals surface area contributed by atoms with Crippen molar-refractivity contribution < 1.29 is 14.2 Å². The van der Waals surface area contributed by atoms with Gasteiger partial charge in [-0.15, -0.1) is 0 Å². The number of nitrogens with one attached hydrogen (secondary N) is 1. The minimum Gasteiger partial charge on any atom is -0.382 e. The molecule has 0 amide bonds. The number of hydrogen-bond donors (Lipinski definition) is 1. The van der Waals surface area contributed by atoms with Crippen molar-refractivity contribution in [3.63, 3.8) is 0 Å². The molecule has 0 bridgehead atoms. The SMILES string of the molecule is CCCNCC(COC)OCC1CCOC1. The second-order valence-corrected chi connectivity index (χ2v) is 4.34. The Morgan fingerprint density at radius 3 is 3.00 bits per heavy atom. The standard InChI is InChI=1S/C12H25NO3/c1-3-5-13-7-12(10-14-2)16-9-11-4-6-15-8-11/h11-13H,3-10H2,1-2H3. The van der Waals surface area contributed by atoms with Gasteiger partial charge in [-0.25, -0.2) is 0 Å². The molecule has 2 unspecified atom stereocenters. The molecule has 1 aliphatic heterocycles. The summed E-state index contributed by atoms with van der Waals surface area (Å²) in [4.78, 5) is 0. The van der Waals surface area contributed by atoms with E-state index in [9.17, 15) is 0 Å². The van der Waals surface area contributed by atoms with Gasteiger partial charge in [0.15, 0.2) is 0 Å². The molecule has 1 saturated heterocycles. The molecule has 16 heavy (non-hydrogen) atoms. The predicted octanol–water partition coefficient (Wildman–Crippen LogP) is 1.05. The molecule has 2 atom stereocenters. The molecule has 1 rings (SSSR count). The summed E-state index contributed by atoms with van der Waals surface area (Å²) in [6.45, 7) is 7.26. The van der Waals surface area contributed by atoms with E-state index in [1.165, 1.54) is 0 Å². The van der Waals surface area contributed by atoms with Crippen molar-refractivity contribution in [3.8, 4) is 0 Å². The van der Waals surface area contributed by atoms with Crippen LogP contribution in [0.25, 0.3) is 0 Å². The van der Waals surface area contributed by atoms with Crippen LogP contribution in [0.1, 0.15) is 19.8 Å². The number of methoxy groups -OCH3 is 1. The maximum Gasteiger partial charge on any atom is 0.0932 e. The van der Waals surface area contributed by atoms with Gasteiger partial charge in [0.25, 0.3) is 0 Å². The summed E-state index contributed by atoms with van der Waals surface area (Å²) in [5.74, 6) is 0.575. The third kappa shape index (κ3) is 5.80. The van der Waals surface area contributed by atoms with Crippen molar-refractivity contribution in [1.82, 2.24) is 5.32 Å². The van der Waals surface area contributed by atoms with E-state index in [1.807, 2.05) is 0 Å². The first-order valence-corrected chi connectivity index (χ1v) is 6.25. The van der Waals surface area contributed by atoms with Gasteiger partial charge in [0.05, 0.1) is 25.9 Å². The Hall–Kier alpha value is -0.160. The van der Waals surface area contributed by atoms with Crippen molar-refractivity contribution >= 4 is 0 Å². The van der Waals surface area contributed by atoms with Crippen LogP contribution in [0.4, 0.5) is 0 Å². The van der Waals surface area contributed by atoms with Gasteiger partial charge in [0.2, 0.25) is 0 Å². The lowest BCUT2D eigenvalue weighted by atomic mass is 10.1. The van der Waals surface area contributed by atoms with Crippen molar-refractivity contribution in [1.29, 1.82) is 0 Å². The van der Waals surface area contributed by atoms with E-state index in [0.717, 1.165) is 45.8 Å². The van der Waals surface area contributed by atoms with E-state index in [4.69, 9.17) is 14.2 Å². The van der Waals surface area contributed by atoms with Gasteiger partial charge in [-0.2, -0.15) is 0 Å². The topological polar surface area (TPSA) is 39.7 Å². The Kier molecular flexibility index (Phi) is 7.76. The maximum absolute atomic E-state index is 5.85. The van der Waals surface area contributed by atoms with Crippen LogP contribution >= 0.6 is 0 Å². The van der Waals surface area contributed by atoms with Gasteiger partial charge < -0.3 is 19.5 Å². The second-order valence-electron chi connectivity index (χ2n) is 4.34. The van der Waals surface area contributed by atoms with Gasteiger partial charge in [0.1, 0.15) is 0 Å². The molecule has 0 aromatic carbocycles. The zero-order chi connectivity index (χ0) is 11.6. The van der Waals surface area contributed by atoms with Crippen molar-refractivity contribution in [2.75, 3.05) is 46.6 Å². The van der Waals surface area contributed by atoms with Gasteiger partial charge in [0, 0.05) is 26.2 Å². The fraction of sp³-hybridized carbons (Fsp3) is 1.00. The normalized spacial score (nSPS) is 22.5. The summed E-state index contributed by atoms with van der Waals surface area (Å²) < 4.78 is 16.3. The van der Waals surface area contributed by atoms with Crippen LogP contribution in [0.2, 0.25) is 0 Å². The first-order valence-electron chi connectivity index (χ1n) is 6.25. The van der Waals surface area contributed by atoms with Crippen LogP contribution in [0.5, 0.6) is 0 Å². The Labute approximate surface area is 98.6 Å². The molecule has 96 valence electrons. The van der Waals surface area contributed by atoms with Gasteiger partial charge >= 0.3 is 0 Å². The highest BCUT2D eigenvalue weighted by molar-refractivity contribution is 4.66. The third-order valence-electron chi connectivity index (χ3n) is 2.74. The molecular weight excluding hydrogens is 206 g/mol. The molecule has 0 saturated carbocycles. The molecule has 4 nitrogen and oxygen atoms in total. The number of hydrogen-bond acceptors (Lipinski definition) is 4. The maximum atomic E-state index is 5.85. The molecule has 1 aliphatic rings. The minimum absolute atomic E-state index is 0.164. The predicted molar refractivity (Wildman–Crippen MR) is 63.7 cm³/mol. The third-order valence-corrected chi connectivity index (χ3v) is 2.74. The van der Waals surface area contributed by atoms with Crippen LogP contribution in [0.15, 0.2) is 0 Å². The van der Waals surface area contributed by atoms with Crippen LogP contribution in [-0.2, 0) is 14.2 Å². The molecule has 1 fully saturated rings. The lowest BCUT2D eigenvalue weighted by Gasteiger charge is -2.19. The van der Waals surface area contributed by atoms with E-state index < -0.39 is 0 Å². The van der Waals surface area contributed by atoms with Crippen molar-refractivity contribution in [2.45, 2.75) is 25.9 Å². The van der Waals surface area contributed by atoms with Gasteiger partial charge in [-0.05, 0) is 19.4 Å². The summed E-state index contributed by atoms with van der Waals surface area (Å²) in [6.07, 6.45) is 2.44. The Balaban J connectivity index is 2.10. The molecule has 0 radical (unpaired) electrons. The monoisotopic (exact) mass is 231 g/mol. The van der Waals surface area contributed by atoms with Gasteiger partial charge in [-0.3, -0.25) is 0 Å². The van der Waals surface area contributed by atoms with E-state index in [0.29, 0.717) is 12.5 Å². The smallest absolute Gasteiger partial charge is 0.0932 e. The van der Waals surface area contributed by atoms with Crippen molar-refractivity contribution in [2.24, 2.45) is 5.92 Å². The van der Waals surface area contributed by atoms with Crippen LogP contribution < -0.4 is 5.32 Å². The van der Waals surface area contributed by atoms with Crippen LogP contribution in [-0.4, -0.2) is 52.7 Å². The molecule has 0 aromatic rings.